The fraction of sp³-hybridized carbons (Fsp3) is 0.417. The van der Waals surface area contributed by atoms with Crippen molar-refractivity contribution in [2.75, 3.05) is 20.2 Å². The van der Waals surface area contributed by atoms with Gasteiger partial charge < -0.3 is 10.1 Å². The fourth-order valence-electron chi connectivity index (χ4n) is 2.09. The van der Waals surface area contributed by atoms with Gasteiger partial charge >= 0.3 is 0 Å². The highest BCUT2D eigenvalue weighted by Crippen LogP contribution is 2.32. The third-order valence-corrected chi connectivity index (χ3v) is 4.22. The maximum absolute atomic E-state index is 5.21. The van der Waals surface area contributed by atoms with Gasteiger partial charge in [-0.15, -0.1) is 11.3 Å². The molecule has 1 saturated heterocycles. The van der Waals surface area contributed by atoms with E-state index in [0.29, 0.717) is 5.92 Å². The number of thiazole rings is 1. The Bertz CT molecular complexity index is 503. The summed E-state index contributed by atoms with van der Waals surface area (Å²) in [6.07, 6.45) is 1.21. The minimum Gasteiger partial charge on any atom is -0.497 e. The van der Waals surface area contributed by atoms with Crippen LogP contribution in [0.15, 0.2) is 18.2 Å². The van der Waals surface area contributed by atoms with Gasteiger partial charge in [0, 0.05) is 18.5 Å². The van der Waals surface area contributed by atoms with Crippen LogP contribution in [0.25, 0.3) is 10.2 Å². The molecular weight excluding hydrogens is 220 g/mol. The molecule has 84 valence electrons. The second kappa shape index (κ2) is 4.03. The first-order chi connectivity index (χ1) is 7.86. The van der Waals surface area contributed by atoms with Crippen LogP contribution in [0.1, 0.15) is 17.3 Å². The number of nitrogens with zero attached hydrogens (tertiary/aromatic N) is 1. The molecule has 1 unspecified atom stereocenters. The van der Waals surface area contributed by atoms with Crippen LogP contribution < -0.4 is 10.1 Å². The van der Waals surface area contributed by atoms with Crippen LogP contribution in [0.3, 0.4) is 0 Å². The van der Waals surface area contributed by atoms with Crippen molar-refractivity contribution < 1.29 is 4.74 Å². The fourth-order valence-corrected chi connectivity index (χ4v) is 3.17. The summed E-state index contributed by atoms with van der Waals surface area (Å²) in [5.41, 5.74) is 1.06. The highest BCUT2D eigenvalue weighted by atomic mass is 32.1. The lowest BCUT2D eigenvalue weighted by atomic mass is 10.1. The number of fused-ring (bicyclic) bond motifs is 1. The lowest BCUT2D eigenvalue weighted by Crippen LogP contribution is -2.07. The molecular formula is C12H14N2OS. The molecule has 4 heteroatoms. The van der Waals surface area contributed by atoms with Crippen molar-refractivity contribution in [3.05, 3.63) is 23.2 Å². The molecule has 0 aliphatic carbocycles. The Balaban J connectivity index is 2.01. The Morgan fingerprint density at radius 3 is 3.19 bits per heavy atom. The smallest absolute Gasteiger partial charge is 0.121 e. The number of hydrogen-bond acceptors (Lipinski definition) is 4. The molecule has 1 aromatic carbocycles. The molecule has 1 N–H and O–H groups in total. The quantitative estimate of drug-likeness (QED) is 0.866. The van der Waals surface area contributed by atoms with E-state index in [1.165, 1.54) is 16.1 Å². The van der Waals surface area contributed by atoms with Gasteiger partial charge in [-0.3, -0.25) is 0 Å². The summed E-state index contributed by atoms with van der Waals surface area (Å²) in [5, 5.41) is 4.64. The Hall–Kier alpha value is -1.13. The Morgan fingerprint density at radius 2 is 2.44 bits per heavy atom. The summed E-state index contributed by atoms with van der Waals surface area (Å²) in [6, 6.07) is 6.10. The maximum Gasteiger partial charge on any atom is 0.121 e. The predicted molar refractivity (Wildman–Crippen MR) is 66.4 cm³/mol. The van der Waals surface area contributed by atoms with Crippen LogP contribution in [0.5, 0.6) is 5.75 Å². The average Bonchev–Trinajstić information content (AvgIpc) is 2.96. The van der Waals surface area contributed by atoms with Crippen molar-refractivity contribution in [1.82, 2.24) is 10.3 Å². The van der Waals surface area contributed by atoms with Crippen molar-refractivity contribution in [1.29, 1.82) is 0 Å². The number of aromatic nitrogens is 1. The van der Waals surface area contributed by atoms with E-state index in [1.807, 2.05) is 23.5 Å². The van der Waals surface area contributed by atoms with E-state index in [1.54, 1.807) is 7.11 Å². The monoisotopic (exact) mass is 234 g/mol. The van der Waals surface area contributed by atoms with E-state index >= 15 is 0 Å². The molecule has 0 bridgehead atoms. The first-order valence-corrected chi connectivity index (χ1v) is 6.33. The molecule has 2 heterocycles. The van der Waals surface area contributed by atoms with Crippen molar-refractivity contribution in [3.8, 4) is 5.75 Å². The van der Waals surface area contributed by atoms with Crippen LogP contribution in [-0.4, -0.2) is 25.2 Å². The van der Waals surface area contributed by atoms with E-state index in [-0.39, 0.29) is 0 Å². The third kappa shape index (κ3) is 1.68. The van der Waals surface area contributed by atoms with Crippen LogP contribution in [0.2, 0.25) is 0 Å². The largest absolute Gasteiger partial charge is 0.497 e. The predicted octanol–water partition coefficient (Wildman–Crippen LogP) is 2.38. The molecule has 0 amide bonds. The van der Waals surface area contributed by atoms with Gasteiger partial charge in [-0.1, -0.05) is 0 Å². The van der Waals surface area contributed by atoms with Gasteiger partial charge in [-0.05, 0) is 25.1 Å². The molecule has 3 rings (SSSR count). The van der Waals surface area contributed by atoms with Crippen LogP contribution in [0.4, 0.5) is 0 Å². The Labute approximate surface area is 98.5 Å². The first kappa shape index (κ1) is 10.1. The molecule has 1 aliphatic heterocycles. The van der Waals surface area contributed by atoms with E-state index < -0.39 is 0 Å². The number of methoxy groups -OCH3 is 1. The standard InChI is InChI=1S/C12H14N2OS/c1-15-9-2-3-11-10(6-9)14-12(16-11)8-4-5-13-7-8/h2-3,6,8,13H,4-5,7H2,1H3. The minimum atomic E-state index is 0.600. The molecule has 0 spiro atoms. The zero-order valence-electron chi connectivity index (χ0n) is 9.19. The minimum absolute atomic E-state index is 0.600. The number of benzene rings is 1. The number of rotatable bonds is 2. The SMILES string of the molecule is COc1ccc2sc(C3CCNC3)nc2c1. The summed E-state index contributed by atoms with van der Waals surface area (Å²) in [7, 11) is 1.69. The van der Waals surface area contributed by atoms with Crippen LogP contribution >= 0.6 is 11.3 Å². The summed E-state index contributed by atoms with van der Waals surface area (Å²) in [5.74, 6) is 1.48. The van der Waals surface area contributed by atoms with Crippen molar-refractivity contribution >= 4 is 21.6 Å². The lowest BCUT2D eigenvalue weighted by Gasteiger charge is -2.00. The zero-order chi connectivity index (χ0) is 11.0. The maximum atomic E-state index is 5.21. The molecule has 2 aromatic rings. The van der Waals surface area contributed by atoms with Crippen LogP contribution in [0, 0.1) is 0 Å². The van der Waals surface area contributed by atoms with Crippen molar-refractivity contribution in [2.45, 2.75) is 12.3 Å². The second-order valence-electron chi connectivity index (χ2n) is 4.08. The highest BCUT2D eigenvalue weighted by molar-refractivity contribution is 7.18. The van der Waals surface area contributed by atoms with Crippen molar-refractivity contribution in [2.24, 2.45) is 0 Å². The average molecular weight is 234 g/mol. The summed E-state index contributed by atoms with van der Waals surface area (Å²) in [4.78, 5) is 4.70. The van der Waals surface area contributed by atoms with Crippen molar-refractivity contribution in [3.63, 3.8) is 0 Å². The first-order valence-electron chi connectivity index (χ1n) is 5.52. The number of ether oxygens (including phenoxy) is 1. The van der Waals surface area contributed by atoms with Gasteiger partial charge in [-0.2, -0.15) is 0 Å². The van der Waals surface area contributed by atoms with E-state index in [0.717, 1.165) is 24.4 Å². The molecule has 3 nitrogen and oxygen atoms in total. The van der Waals surface area contributed by atoms with Gasteiger partial charge in [-0.25, -0.2) is 4.98 Å². The second-order valence-corrected chi connectivity index (χ2v) is 5.14. The molecule has 0 radical (unpaired) electrons. The van der Waals surface area contributed by atoms with E-state index in [9.17, 15) is 0 Å². The molecule has 0 saturated carbocycles. The summed E-state index contributed by atoms with van der Waals surface area (Å²) >= 11 is 1.81. The molecule has 1 aliphatic rings. The molecule has 1 aromatic heterocycles. The molecule has 16 heavy (non-hydrogen) atoms. The van der Waals surface area contributed by atoms with Gasteiger partial charge in [0.05, 0.1) is 22.3 Å². The topological polar surface area (TPSA) is 34.1 Å². The van der Waals surface area contributed by atoms with Gasteiger partial charge in [0.2, 0.25) is 0 Å². The Morgan fingerprint density at radius 1 is 1.50 bits per heavy atom. The van der Waals surface area contributed by atoms with E-state index in [4.69, 9.17) is 9.72 Å². The molecule has 1 fully saturated rings. The zero-order valence-corrected chi connectivity index (χ0v) is 10.0. The Kier molecular flexibility index (Phi) is 2.53. The van der Waals surface area contributed by atoms with Gasteiger partial charge in [0.25, 0.3) is 0 Å². The summed E-state index contributed by atoms with van der Waals surface area (Å²) < 4.78 is 6.46. The molecule has 1 atom stereocenters. The van der Waals surface area contributed by atoms with Gasteiger partial charge in [0.1, 0.15) is 5.75 Å². The normalized spacial score (nSPS) is 20.4. The highest BCUT2D eigenvalue weighted by Gasteiger charge is 2.20. The number of nitrogens with one attached hydrogen (secondary N) is 1. The third-order valence-electron chi connectivity index (χ3n) is 3.02. The van der Waals surface area contributed by atoms with E-state index in [2.05, 4.69) is 11.4 Å². The van der Waals surface area contributed by atoms with Gasteiger partial charge in [0.15, 0.2) is 0 Å². The van der Waals surface area contributed by atoms with Crippen LogP contribution in [-0.2, 0) is 0 Å². The number of hydrogen-bond donors (Lipinski definition) is 1. The summed E-state index contributed by atoms with van der Waals surface area (Å²) in [6.45, 7) is 2.18. The lowest BCUT2D eigenvalue weighted by molar-refractivity contribution is 0.415.